The zero-order chi connectivity index (χ0) is 13.2. The molecule has 1 aliphatic carbocycles. The summed E-state index contributed by atoms with van der Waals surface area (Å²) in [7, 11) is 1.45. The molecule has 0 amide bonds. The number of methoxy groups -OCH3 is 1. The first kappa shape index (κ1) is 12.9. The molecule has 0 spiro atoms. The zero-order valence-electron chi connectivity index (χ0n) is 10.4. The second-order valence-corrected chi connectivity index (χ2v) is 4.83. The Balaban J connectivity index is 2.48. The fraction of sp³-hybridized carbons (Fsp3) is 0.500. The van der Waals surface area contributed by atoms with E-state index in [1.807, 2.05) is 0 Å². The second-order valence-electron chi connectivity index (χ2n) is 4.83. The molecule has 3 nitrogen and oxygen atoms in total. The summed E-state index contributed by atoms with van der Waals surface area (Å²) in [5, 5.41) is 9.53. The van der Waals surface area contributed by atoms with Gasteiger partial charge in [0.15, 0.2) is 0 Å². The molecule has 1 aliphatic rings. The molecular weight excluding hydrogens is 235 g/mol. The number of ether oxygens (including phenoxy) is 1. The number of benzene rings is 1. The summed E-state index contributed by atoms with van der Waals surface area (Å²) in [5.74, 6) is -0.943. The van der Waals surface area contributed by atoms with Crippen molar-refractivity contribution in [3.05, 3.63) is 29.6 Å². The molecular formula is C14H17FO3. The van der Waals surface area contributed by atoms with E-state index in [0.717, 1.165) is 19.3 Å². The second kappa shape index (κ2) is 4.96. The molecule has 0 heterocycles. The minimum absolute atomic E-state index is 0.371. The number of hydrogen-bond acceptors (Lipinski definition) is 2. The van der Waals surface area contributed by atoms with Gasteiger partial charge >= 0.3 is 5.97 Å². The van der Waals surface area contributed by atoms with Gasteiger partial charge in [0, 0.05) is 6.07 Å². The van der Waals surface area contributed by atoms with Gasteiger partial charge in [-0.05, 0) is 30.5 Å². The molecule has 0 bridgehead atoms. The van der Waals surface area contributed by atoms with Gasteiger partial charge in [-0.2, -0.15) is 0 Å². The Morgan fingerprint density at radius 3 is 2.50 bits per heavy atom. The lowest BCUT2D eigenvalue weighted by Gasteiger charge is -2.33. The average molecular weight is 252 g/mol. The topological polar surface area (TPSA) is 46.5 Å². The summed E-state index contributed by atoms with van der Waals surface area (Å²) >= 11 is 0. The number of rotatable bonds is 3. The Bertz CT molecular complexity index is 450. The van der Waals surface area contributed by atoms with Gasteiger partial charge in [-0.25, -0.2) is 4.39 Å². The Morgan fingerprint density at radius 1 is 1.28 bits per heavy atom. The van der Waals surface area contributed by atoms with Gasteiger partial charge in [0.2, 0.25) is 0 Å². The predicted molar refractivity (Wildman–Crippen MR) is 65.4 cm³/mol. The van der Waals surface area contributed by atoms with Crippen molar-refractivity contribution < 1.29 is 19.0 Å². The van der Waals surface area contributed by atoms with Crippen LogP contribution < -0.4 is 4.74 Å². The Hall–Kier alpha value is -1.58. The molecule has 4 heteroatoms. The highest BCUT2D eigenvalue weighted by Gasteiger charge is 2.41. The molecule has 1 saturated carbocycles. The molecule has 1 N–H and O–H groups in total. The van der Waals surface area contributed by atoms with E-state index < -0.39 is 17.2 Å². The van der Waals surface area contributed by atoms with E-state index in [2.05, 4.69) is 0 Å². The van der Waals surface area contributed by atoms with E-state index in [0.29, 0.717) is 24.2 Å². The van der Waals surface area contributed by atoms with E-state index in [-0.39, 0.29) is 0 Å². The number of hydrogen-bond donors (Lipinski definition) is 1. The normalized spacial score (nSPS) is 18.3. The van der Waals surface area contributed by atoms with Crippen LogP contribution in [-0.4, -0.2) is 18.2 Å². The fourth-order valence-electron chi connectivity index (χ4n) is 2.74. The molecule has 1 fully saturated rings. The predicted octanol–water partition coefficient (Wildman–Crippen LogP) is 3.12. The van der Waals surface area contributed by atoms with Crippen LogP contribution >= 0.6 is 0 Å². The van der Waals surface area contributed by atoms with Gasteiger partial charge in [0.1, 0.15) is 11.6 Å². The van der Waals surface area contributed by atoms with Crippen LogP contribution in [-0.2, 0) is 10.2 Å². The summed E-state index contributed by atoms with van der Waals surface area (Å²) in [4.78, 5) is 11.6. The molecule has 1 aromatic rings. The van der Waals surface area contributed by atoms with E-state index in [4.69, 9.17) is 4.74 Å². The monoisotopic (exact) mass is 252 g/mol. The third-order valence-electron chi connectivity index (χ3n) is 3.78. The first-order chi connectivity index (χ1) is 8.58. The van der Waals surface area contributed by atoms with Crippen LogP contribution in [0, 0.1) is 5.82 Å². The Morgan fingerprint density at radius 2 is 1.94 bits per heavy atom. The van der Waals surface area contributed by atoms with Crippen molar-refractivity contribution in [1.82, 2.24) is 0 Å². The average Bonchev–Trinajstić information content (AvgIpc) is 2.38. The molecule has 98 valence electrons. The maximum atomic E-state index is 13.5. The lowest BCUT2D eigenvalue weighted by Crippen LogP contribution is -2.37. The summed E-state index contributed by atoms with van der Waals surface area (Å²) in [5.41, 5.74) is -0.431. The van der Waals surface area contributed by atoms with E-state index in [1.54, 1.807) is 6.07 Å². The molecule has 0 radical (unpaired) electrons. The van der Waals surface area contributed by atoms with E-state index >= 15 is 0 Å². The van der Waals surface area contributed by atoms with Gasteiger partial charge in [0.05, 0.1) is 12.5 Å². The lowest BCUT2D eigenvalue weighted by molar-refractivity contribution is -0.145. The molecule has 0 aliphatic heterocycles. The SMILES string of the molecule is COc1cc(F)cc(C2(C(=O)O)CCCCC2)c1. The molecule has 0 atom stereocenters. The van der Waals surface area contributed by atoms with Crippen molar-refractivity contribution in [2.75, 3.05) is 7.11 Å². The van der Waals surface area contributed by atoms with Crippen molar-refractivity contribution in [2.45, 2.75) is 37.5 Å². The van der Waals surface area contributed by atoms with Crippen LogP contribution in [0.4, 0.5) is 4.39 Å². The number of carboxylic acids is 1. The summed E-state index contributed by atoms with van der Waals surface area (Å²) in [6.07, 6.45) is 3.90. The minimum Gasteiger partial charge on any atom is -0.497 e. The zero-order valence-corrected chi connectivity index (χ0v) is 10.4. The van der Waals surface area contributed by atoms with Crippen molar-refractivity contribution in [3.8, 4) is 5.75 Å². The first-order valence-electron chi connectivity index (χ1n) is 6.17. The summed E-state index contributed by atoms with van der Waals surface area (Å²) in [6.45, 7) is 0. The maximum absolute atomic E-state index is 13.5. The molecule has 0 saturated heterocycles. The van der Waals surface area contributed by atoms with Crippen LogP contribution in [0.25, 0.3) is 0 Å². The molecule has 2 rings (SSSR count). The third kappa shape index (κ3) is 2.19. The summed E-state index contributed by atoms with van der Waals surface area (Å²) < 4.78 is 18.5. The van der Waals surface area contributed by atoms with E-state index in [9.17, 15) is 14.3 Å². The number of carboxylic acid groups (broad SMARTS) is 1. The van der Waals surface area contributed by atoms with Crippen LogP contribution in [0.1, 0.15) is 37.7 Å². The van der Waals surface area contributed by atoms with Crippen molar-refractivity contribution in [2.24, 2.45) is 0 Å². The van der Waals surface area contributed by atoms with E-state index in [1.165, 1.54) is 19.2 Å². The van der Waals surface area contributed by atoms with Gasteiger partial charge in [-0.3, -0.25) is 4.79 Å². The van der Waals surface area contributed by atoms with Crippen LogP contribution in [0.15, 0.2) is 18.2 Å². The number of halogens is 1. The van der Waals surface area contributed by atoms with Gasteiger partial charge < -0.3 is 9.84 Å². The minimum atomic E-state index is -0.951. The van der Waals surface area contributed by atoms with Crippen molar-refractivity contribution in [1.29, 1.82) is 0 Å². The number of carbonyl (C=O) groups is 1. The largest absolute Gasteiger partial charge is 0.497 e. The Labute approximate surface area is 106 Å². The quantitative estimate of drug-likeness (QED) is 0.899. The third-order valence-corrected chi connectivity index (χ3v) is 3.78. The molecule has 0 unspecified atom stereocenters. The number of aliphatic carboxylic acids is 1. The highest BCUT2D eigenvalue weighted by Crippen LogP contribution is 2.41. The van der Waals surface area contributed by atoms with Crippen molar-refractivity contribution >= 4 is 5.97 Å². The maximum Gasteiger partial charge on any atom is 0.314 e. The van der Waals surface area contributed by atoms with Crippen molar-refractivity contribution in [3.63, 3.8) is 0 Å². The smallest absolute Gasteiger partial charge is 0.314 e. The first-order valence-corrected chi connectivity index (χ1v) is 6.17. The van der Waals surface area contributed by atoms with Crippen LogP contribution in [0.2, 0.25) is 0 Å². The van der Waals surface area contributed by atoms with Crippen LogP contribution in [0.3, 0.4) is 0 Å². The lowest BCUT2D eigenvalue weighted by atomic mass is 9.69. The fourth-order valence-corrected chi connectivity index (χ4v) is 2.74. The molecule has 18 heavy (non-hydrogen) atoms. The van der Waals surface area contributed by atoms with Gasteiger partial charge in [-0.15, -0.1) is 0 Å². The van der Waals surface area contributed by atoms with Crippen LogP contribution in [0.5, 0.6) is 5.75 Å². The van der Waals surface area contributed by atoms with Gasteiger partial charge in [0.25, 0.3) is 0 Å². The van der Waals surface area contributed by atoms with Gasteiger partial charge in [-0.1, -0.05) is 19.3 Å². The highest BCUT2D eigenvalue weighted by atomic mass is 19.1. The highest BCUT2D eigenvalue weighted by molar-refractivity contribution is 5.81. The molecule has 0 aromatic heterocycles. The molecule has 1 aromatic carbocycles. The Kier molecular flexibility index (Phi) is 3.55. The summed E-state index contributed by atoms with van der Waals surface area (Å²) in [6, 6.07) is 4.23. The standard InChI is InChI=1S/C14H17FO3/c1-18-12-8-10(7-11(15)9-12)14(13(16)17)5-3-2-4-6-14/h7-9H,2-6H2,1H3,(H,16,17).